The Hall–Kier alpha value is -3.35. The van der Waals surface area contributed by atoms with Crippen molar-refractivity contribution >= 4 is 33.7 Å². The van der Waals surface area contributed by atoms with E-state index in [0.29, 0.717) is 24.2 Å². The highest BCUT2D eigenvalue weighted by molar-refractivity contribution is 7.93. The molecule has 2 aromatic rings. The SMILES string of the molecule is CCCCc1ncc(/C=C2/C(=O)NC(=O)N2CCCC)n1Cc1ccc(NS(=O)(=O)C(F)(F)F)cc1. The monoisotopic (exact) mass is 527 g/mol. The highest BCUT2D eigenvalue weighted by Crippen LogP contribution is 2.26. The Morgan fingerprint density at radius 1 is 1.08 bits per heavy atom. The van der Waals surface area contributed by atoms with Crippen LogP contribution in [0.15, 0.2) is 36.2 Å². The molecular formula is C23H28F3N5O4S. The lowest BCUT2D eigenvalue weighted by Gasteiger charge is -2.16. The highest BCUT2D eigenvalue weighted by Gasteiger charge is 2.46. The highest BCUT2D eigenvalue weighted by atomic mass is 32.2. The van der Waals surface area contributed by atoms with Gasteiger partial charge in [0.2, 0.25) is 0 Å². The van der Waals surface area contributed by atoms with Gasteiger partial charge in [0.15, 0.2) is 0 Å². The van der Waals surface area contributed by atoms with Crippen LogP contribution in [0, 0.1) is 0 Å². The molecule has 196 valence electrons. The number of sulfonamides is 1. The van der Waals surface area contributed by atoms with E-state index in [1.54, 1.807) is 12.3 Å². The van der Waals surface area contributed by atoms with Crippen LogP contribution < -0.4 is 10.0 Å². The zero-order chi connectivity index (χ0) is 26.5. The smallest absolute Gasteiger partial charge is 0.324 e. The number of alkyl halides is 3. The maximum absolute atomic E-state index is 12.6. The Labute approximate surface area is 207 Å². The van der Waals surface area contributed by atoms with E-state index in [9.17, 15) is 31.2 Å². The standard InChI is InChI=1S/C23H28F3N5O4S/c1-3-5-7-20-27-14-18(13-19-21(32)28-22(33)30(19)12-6-4-2)31(20)15-16-8-10-17(11-9-16)29-36(34,35)23(24,25)26/h8-11,13-14,29H,3-7,12,15H2,1-2H3,(H,28,32,33)/b19-13-. The van der Waals surface area contributed by atoms with Gasteiger partial charge in [0.05, 0.1) is 11.9 Å². The number of imidazole rings is 1. The van der Waals surface area contributed by atoms with Gasteiger partial charge in [0.1, 0.15) is 11.5 Å². The molecular weight excluding hydrogens is 499 g/mol. The second-order valence-electron chi connectivity index (χ2n) is 8.33. The minimum Gasteiger partial charge on any atom is -0.324 e. The summed E-state index contributed by atoms with van der Waals surface area (Å²) in [5.74, 6) is 0.246. The van der Waals surface area contributed by atoms with Gasteiger partial charge in [-0.15, -0.1) is 0 Å². The molecule has 1 saturated heterocycles. The molecule has 2 heterocycles. The maximum atomic E-state index is 12.6. The zero-order valence-electron chi connectivity index (χ0n) is 19.9. The molecule has 36 heavy (non-hydrogen) atoms. The second-order valence-corrected chi connectivity index (χ2v) is 10.0. The van der Waals surface area contributed by atoms with Crippen molar-refractivity contribution < 1.29 is 31.2 Å². The third-order valence-corrected chi connectivity index (χ3v) is 6.70. The Balaban J connectivity index is 1.90. The van der Waals surface area contributed by atoms with Gasteiger partial charge in [-0.2, -0.15) is 21.6 Å². The number of nitrogens with zero attached hydrogens (tertiary/aromatic N) is 3. The number of imide groups is 1. The van der Waals surface area contributed by atoms with Crippen molar-refractivity contribution in [3.05, 3.63) is 53.2 Å². The number of hydrogen-bond acceptors (Lipinski definition) is 5. The van der Waals surface area contributed by atoms with Gasteiger partial charge in [-0.3, -0.25) is 19.7 Å². The first kappa shape index (κ1) is 27.2. The molecule has 3 rings (SSSR count). The normalized spacial score (nSPS) is 15.6. The van der Waals surface area contributed by atoms with Crippen LogP contribution in [-0.2, 0) is 27.8 Å². The lowest BCUT2D eigenvalue weighted by Crippen LogP contribution is -2.29. The molecule has 9 nitrogen and oxygen atoms in total. The summed E-state index contributed by atoms with van der Waals surface area (Å²) in [5, 5.41) is 2.31. The molecule has 0 spiro atoms. The number of benzene rings is 1. The van der Waals surface area contributed by atoms with Gasteiger partial charge in [0, 0.05) is 25.2 Å². The number of hydrogen-bond donors (Lipinski definition) is 2. The van der Waals surface area contributed by atoms with E-state index in [2.05, 4.69) is 10.3 Å². The molecule has 1 aromatic carbocycles. The number of unbranched alkanes of at least 4 members (excludes halogenated alkanes) is 2. The van der Waals surface area contributed by atoms with Crippen LogP contribution in [0.4, 0.5) is 23.7 Å². The number of carbonyl (C=O) groups is 2. The van der Waals surface area contributed by atoms with Gasteiger partial charge >= 0.3 is 21.6 Å². The maximum Gasteiger partial charge on any atom is 0.516 e. The molecule has 0 radical (unpaired) electrons. The number of urea groups is 1. The Morgan fingerprint density at radius 2 is 1.75 bits per heavy atom. The molecule has 3 amide bonds. The average molecular weight is 528 g/mol. The fourth-order valence-corrected chi connectivity index (χ4v) is 4.18. The number of amides is 3. The number of rotatable bonds is 11. The summed E-state index contributed by atoms with van der Waals surface area (Å²) in [4.78, 5) is 30.5. The van der Waals surface area contributed by atoms with Crippen LogP contribution in [-0.4, -0.2) is 46.9 Å². The Kier molecular flexibility index (Phi) is 8.43. The minimum absolute atomic E-state index is 0.216. The van der Waals surface area contributed by atoms with E-state index >= 15 is 0 Å². The van der Waals surface area contributed by atoms with Crippen molar-refractivity contribution in [2.24, 2.45) is 0 Å². The van der Waals surface area contributed by atoms with E-state index in [1.165, 1.54) is 33.9 Å². The van der Waals surface area contributed by atoms with Gasteiger partial charge in [-0.25, -0.2) is 9.78 Å². The van der Waals surface area contributed by atoms with Gasteiger partial charge in [-0.05, 0) is 36.6 Å². The fraction of sp³-hybridized carbons (Fsp3) is 0.435. The van der Waals surface area contributed by atoms with Crippen molar-refractivity contribution in [2.45, 2.75) is 58.0 Å². The summed E-state index contributed by atoms with van der Waals surface area (Å²) in [6.45, 7) is 4.69. The van der Waals surface area contributed by atoms with Crippen molar-refractivity contribution in [3.63, 3.8) is 0 Å². The van der Waals surface area contributed by atoms with Gasteiger partial charge in [-0.1, -0.05) is 38.8 Å². The van der Waals surface area contributed by atoms with E-state index in [1.807, 2.05) is 18.4 Å². The summed E-state index contributed by atoms with van der Waals surface area (Å²) < 4.78 is 64.0. The lowest BCUT2D eigenvalue weighted by molar-refractivity contribution is -0.116. The van der Waals surface area contributed by atoms with Crippen LogP contribution in [0.5, 0.6) is 0 Å². The van der Waals surface area contributed by atoms with Crippen LogP contribution in [0.1, 0.15) is 56.6 Å². The molecule has 13 heteroatoms. The number of anilines is 1. The number of aromatic nitrogens is 2. The summed E-state index contributed by atoms with van der Waals surface area (Å²) in [5.41, 5.74) is -4.16. The van der Waals surface area contributed by atoms with Crippen LogP contribution in [0.25, 0.3) is 6.08 Å². The predicted octanol–water partition coefficient (Wildman–Crippen LogP) is 4.23. The minimum atomic E-state index is -5.52. The number of carbonyl (C=O) groups excluding carboxylic acids is 2. The third kappa shape index (κ3) is 6.25. The fourth-order valence-electron chi connectivity index (χ4n) is 3.62. The number of aryl methyl sites for hydroxylation is 1. The molecule has 2 N–H and O–H groups in total. The van der Waals surface area contributed by atoms with E-state index < -0.39 is 27.5 Å². The summed E-state index contributed by atoms with van der Waals surface area (Å²) in [7, 11) is -5.52. The molecule has 1 aliphatic heterocycles. The molecule has 1 aromatic heterocycles. The topological polar surface area (TPSA) is 113 Å². The van der Waals surface area contributed by atoms with Crippen molar-refractivity contribution in [3.8, 4) is 0 Å². The van der Waals surface area contributed by atoms with E-state index in [4.69, 9.17) is 0 Å². The first-order chi connectivity index (χ1) is 17.0. The predicted molar refractivity (Wildman–Crippen MR) is 128 cm³/mol. The molecule has 0 bridgehead atoms. The van der Waals surface area contributed by atoms with E-state index in [-0.39, 0.29) is 17.9 Å². The number of nitrogens with one attached hydrogen (secondary N) is 2. The molecule has 0 aliphatic carbocycles. The number of halogens is 3. The van der Waals surface area contributed by atoms with Crippen molar-refractivity contribution in [2.75, 3.05) is 11.3 Å². The molecule has 1 fully saturated rings. The van der Waals surface area contributed by atoms with Crippen LogP contribution in [0.3, 0.4) is 0 Å². The lowest BCUT2D eigenvalue weighted by atomic mass is 10.2. The molecule has 0 saturated carbocycles. The quantitative estimate of drug-likeness (QED) is 0.336. The molecule has 0 atom stereocenters. The van der Waals surface area contributed by atoms with Crippen LogP contribution >= 0.6 is 0 Å². The Bertz CT molecular complexity index is 1240. The van der Waals surface area contributed by atoms with Gasteiger partial charge in [0.25, 0.3) is 5.91 Å². The first-order valence-electron chi connectivity index (χ1n) is 11.5. The summed E-state index contributed by atoms with van der Waals surface area (Å²) >= 11 is 0. The summed E-state index contributed by atoms with van der Waals surface area (Å²) in [6.07, 6.45) is 7.24. The van der Waals surface area contributed by atoms with Gasteiger partial charge < -0.3 is 4.57 Å². The average Bonchev–Trinajstić information content (AvgIpc) is 3.30. The second kappa shape index (κ2) is 11.1. The largest absolute Gasteiger partial charge is 0.516 e. The molecule has 1 aliphatic rings. The first-order valence-corrected chi connectivity index (χ1v) is 13.0. The third-order valence-electron chi connectivity index (χ3n) is 5.58. The van der Waals surface area contributed by atoms with Crippen molar-refractivity contribution in [1.29, 1.82) is 0 Å². The summed E-state index contributed by atoms with van der Waals surface area (Å²) in [6, 6.07) is 5.03. The molecule has 0 unspecified atom stereocenters. The Morgan fingerprint density at radius 3 is 2.36 bits per heavy atom. The zero-order valence-corrected chi connectivity index (χ0v) is 20.7. The van der Waals surface area contributed by atoms with Crippen LogP contribution in [0.2, 0.25) is 0 Å². The van der Waals surface area contributed by atoms with Crippen molar-refractivity contribution in [1.82, 2.24) is 19.8 Å². The van der Waals surface area contributed by atoms with E-state index in [0.717, 1.165) is 31.5 Å².